The van der Waals surface area contributed by atoms with Crippen LogP contribution in [0.15, 0.2) is 42.5 Å². The largest absolute Gasteiger partial charge is 0.497 e. The standard InChI is InChI=1S/C16H18N4O2/c1-21-9-8-17-12-6-7-15-16(10-12)19-20(18-15)13-4-3-5-14(11-13)22-2/h3-7,10-11,17H,8-9H2,1-2H3. The second-order valence-corrected chi connectivity index (χ2v) is 4.81. The van der Waals surface area contributed by atoms with Gasteiger partial charge in [0.15, 0.2) is 0 Å². The van der Waals surface area contributed by atoms with Gasteiger partial charge < -0.3 is 14.8 Å². The summed E-state index contributed by atoms with van der Waals surface area (Å²) in [6.07, 6.45) is 0. The second-order valence-electron chi connectivity index (χ2n) is 4.81. The number of methoxy groups -OCH3 is 2. The molecule has 0 saturated heterocycles. The highest BCUT2D eigenvalue weighted by atomic mass is 16.5. The fraction of sp³-hybridized carbons (Fsp3) is 0.250. The van der Waals surface area contributed by atoms with Crippen LogP contribution in [0, 0.1) is 0 Å². The average molecular weight is 298 g/mol. The number of fused-ring (bicyclic) bond motifs is 1. The molecule has 0 radical (unpaired) electrons. The van der Waals surface area contributed by atoms with Crippen molar-refractivity contribution in [2.45, 2.75) is 0 Å². The number of nitrogens with zero attached hydrogens (tertiary/aromatic N) is 3. The number of anilines is 1. The van der Waals surface area contributed by atoms with Crippen molar-refractivity contribution in [3.8, 4) is 11.4 Å². The number of hydrogen-bond donors (Lipinski definition) is 1. The van der Waals surface area contributed by atoms with E-state index < -0.39 is 0 Å². The van der Waals surface area contributed by atoms with Gasteiger partial charge in [0, 0.05) is 25.4 Å². The van der Waals surface area contributed by atoms with Gasteiger partial charge in [0.1, 0.15) is 16.8 Å². The van der Waals surface area contributed by atoms with Crippen LogP contribution >= 0.6 is 0 Å². The Labute approximate surface area is 128 Å². The Hall–Kier alpha value is -2.60. The highest BCUT2D eigenvalue weighted by Gasteiger charge is 2.06. The third-order valence-electron chi connectivity index (χ3n) is 3.30. The Kier molecular flexibility index (Phi) is 4.20. The van der Waals surface area contributed by atoms with Gasteiger partial charge in [0.05, 0.1) is 19.4 Å². The number of nitrogens with one attached hydrogen (secondary N) is 1. The zero-order chi connectivity index (χ0) is 15.4. The summed E-state index contributed by atoms with van der Waals surface area (Å²) in [4.78, 5) is 1.62. The maximum absolute atomic E-state index is 5.23. The molecule has 3 rings (SSSR count). The summed E-state index contributed by atoms with van der Waals surface area (Å²) >= 11 is 0. The molecule has 6 heteroatoms. The Morgan fingerprint density at radius 1 is 1.05 bits per heavy atom. The van der Waals surface area contributed by atoms with Crippen LogP contribution in [0.3, 0.4) is 0 Å². The topological polar surface area (TPSA) is 61.2 Å². The predicted octanol–water partition coefficient (Wildman–Crippen LogP) is 2.49. The molecule has 6 nitrogen and oxygen atoms in total. The fourth-order valence-corrected chi connectivity index (χ4v) is 2.17. The van der Waals surface area contributed by atoms with E-state index >= 15 is 0 Å². The minimum absolute atomic E-state index is 0.661. The van der Waals surface area contributed by atoms with Crippen molar-refractivity contribution in [2.24, 2.45) is 0 Å². The molecule has 3 aromatic rings. The molecule has 0 saturated carbocycles. The van der Waals surface area contributed by atoms with Crippen molar-refractivity contribution in [1.29, 1.82) is 0 Å². The lowest BCUT2D eigenvalue weighted by Crippen LogP contribution is -2.07. The van der Waals surface area contributed by atoms with Gasteiger partial charge in [-0.25, -0.2) is 0 Å². The number of hydrogen-bond acceptors (Lipinski definition) is 5. The van der Waals surface area contributed by atoms with Gasteiger partial charge >= 0.3 is 0 Å². The van der Waals surface area contributed by atoms with Crippen LogP contribution < -0.4 is 10.1 Å². The molecule has 114 valence electrons. The molecule has 0 aliphatic carbocycles. The monoisotopic (exact) mass is 298 g/mol. The molecular weight excluding hydrogens is 280 g/mol. The van der Waals surface area contributed by atoms with Crippen LogP contribution in [0.25, 0.3) is 16.7 Å². The van der Waals surface area contributed by atoms with E-state index in [1.54, 1.807) is 19.0 Å². The summed E-state index contributed by atoms with van der Waals surface area (Å²) in [5.74, 6) is 0.778. The summed E-state index contributed by atoms with van der Waals surface area (Å²) in [5, 5.41) is 12.3. The summed E-state index contributed by atoms with van der Waals surface area (Å²) < 4.78 is 10.3. The van der Waals surface area contributed by atoms with E-state index in [0.29, 0.717) is 6.61 Å². The minimum atomic E-state index is 0.661. The van der Waals surface area contributed by atoms with Gasteiger partial charge in [-0.05, 0) is 30.3 Å². The first-order valence-electron chi connectivity index (χ1n) is 7.04. The number of benzene rings is 2. The normalized spacial score (nSPS) is 10.8. The van der Waals surface area contributed by atoms with Crippen molar-refractivity contribution in [3.63, 3.8) is 0 Å². The first-order valence-corrected chi connectivity index (χ1v) is 7.04. The van der Waals surface area contributed by atoms with Crippen LogP contribution in [0.4, 0.5) is 5.69 Å². The van der Waals surface area contributed by atoms with Crippen molar-refractivity contribution in [1.82, 2.24) is 15.0 Å². The number of aromatic nitrogens is 3. The lowest BCUT2D eigenvalue weighted by molar-refractivity contribution is 0.211. The Morgan fingerprint density at radius 2 is 1.91 bits per heavy atom. The minimum Gasteiger partial charge on any atom is -0.497 e. The Bertz CT molecular complexity index is 770. The first kappa shape index (κ1) is 14.3. The van der Waals surface area contributed by atoms with Gasteiger partial charge in [-0.1, -0.05) is 6.07 Å². The molecule has 1 aromatic heterocycles. The SMILES string of the molecule is COCCNc1ccc2nn(-c3cccc(OC)c3)nc2c1. The van der Waals surface area contributed by atoms with E-state index in [4.69, 9.17) is 9.47 Å². The van der Waals surface area contributed by atoms with Crippen LogP contribution in [0.2, 0.25) is 0 Å². The van der Waals surface area contributed by atoms with E-state index in [1.807, 2.05) is 42.5 Å². The molecule has 22 heavy (non-hydrogen) atoms. The van der Waals surface area contributed by atoms with Crippen molar-refractivity contribution < 1.29 is 9.47 Å². The third kappa shape index (κ3) is 3.01. The third-order valence-corrected chi connectivity index (χ3v) is 3.30. The summed E-state index contributed by atoms with van der Waals surface area (Å²) in [6, 6.07) is 13.6. The average Bonchev–Trinajstić information content (AvgIpc) is 2.98. The predicted molar refractivity (Wildman–Crippen MR) is 85.8 cm³/mol. The molecule has 1 N–H and O–H groups in total. The Morgan fingerprint density at radius 3 is 2.73 bits per heavy atom. The summed E-state index contributed by atoms with van der Waals surface area (Å²) in [6.45, 7) is 1.42. The molecule has 0 spiro atoms. The summed E-state index contributed by atoms with van der Waals surface area (Å²) in [5.41, 5.74) is 3.55. The lowest BCUT2D eigenvalue weighted by Gasteiger charge is -2.04. The molecule has 0 aliphatic rings. The molecule has 0 unspecified atom stereocenters. The number of rotatable bonds is 6. The zero-order valence-electron chi connectivity index (χ0n) is 12.6. The van der Waals surface area contributed by atoms with Gasteiger partial charge in [-0.3, -0.25) is 0 Å². The maximum atomic E-state index is 5.23. The molecule has 2 aromatic carbocycles. The van der Waals surface area contributed by atoms with E-state index in [9.17, 15) is 0 Å². The van der Waals surface area contributed by atoms with Crippen LogP contribution in [-0.2, 0) is 4.74 Å². The zero-order valence-corrected chi connectivity index (χ0v) is 12.6. The molecule has 0 fully saturated rings. The smallest absolute Gasteiger partial charge is 0.121 e. The highest BCUT2D eigenvalue weighted by Crippen LogP contribution is 2.19. The molecule has 0 aliphatic heterocycles. The first-order chi connectivity index (χ1) is 10.8. The van der Waals surface area contributed by atoms with Crippen molar-refractivity contribution in [2.75, 3.05) is 32.7 Å². The highest BCUT2D eigenvalue weighted by molar-refractivity contribution is 5.78. The van der Waals surface area contributed by atoms with Gasteiger partial charge in [0.25, 0.3) is 0 Å². The van der Waals surface area contributed by atoms with Crippen molar-refractivity contribution >= 4 is 16.7 Å². The molecule has 0 amide bonds. The van der Waals surface area contributed by atoms with Gasteiger partial charge in [-0.15, -0.1) is 10.2 Å². The van der Waals surface area contributed by atoms with E-state index in [2.05, 4.69) is 15.5 Å². The molecular formula is C16H18N4O2. The molecule has 0 atom stereocenters. The Balaban J connectivity index is 1.88. The van der Waals surface area contributed by atoms with E-state index in [1.165, 1.54) is 0 Å². The molecule has 1 heterocycles. The van der Waals surface area contributed by atoms with Crippen LogP contribution in [0.5, 0.6) is 5.75 Å². The maximum Gasteiger partial charge on any atom is 0.121 e. The second kappa shape index (κ2) is 6.44. The quantitative estimate of drug-likeness (QED) is 0.708. The van der Waals surface area contributed by atoms with E-state index in [0.717, 1.165) is 34.7 Å². The van der Waals surface area contributed by atoms with E-state index in [-0.39, 0.29) is 0 Å². The lowest BCUT2D eigenvalue weighted by atomic mass is 10.3. The molecule has 0 bridgehead atoms. The fourth-order valence-electron chi connectivity index (χ4n) is 2.17. The van der Waals surface area contributed by atoms with Crippen LogP contribution in [-0.4, -0.2) is 42.4 Å². The number of ether oxygens (including phenoxy) is 2. The van der Waals surface area contributed by atoms with Gasteiger partial charge in [-0.2, -0.15) is 4.80 Å². The van der Waals surface area contributed by atoms with Crippen LogP contribution in [0.1, 0.15) is 0 Å². The van der Waals surface area contributed by atoms with Crippen molar-refractivity contribution in [3.05, 3.63) is 42.5 Å². The van der Waals surface area contributed by atoms with Gasteiger partial charge in [0.2, 0.25) is 0 Å². The summed E-state index contributed by atoms with van der Waals surface area (Å²) in [7, 11) is 3.33.